The summed E-state index contributed by atoms with van der Waals surface area (Å²) in [6, 6.07) is 7.67. The third kappa shape index (κ3) is 3.12. The molecule has 1 N–H and O–H groups in total. The molecule has 1 saturated heterocycles. The van der Waals surface area contributed by atoms with Gasteiger partial charge >= 0.3 is 0 Å². The van der Waals surface area contributed by atoms with Crippen LogP contribution in [0.15, 0.2) is 36.7 Å². The third-order valence-corrected chi connectivity index (χ3v) is 4.93. The number of carbonyl (C=O) groups excluding carboxylic acids is 1. The molecule has 1 fully saturated rings. The zero-order valence-electron chi connectivity index (χ0n) is 14.7. The van der Waals surface area contributed by atoms with Crippen LogP contribution in [0, 0.1) is 0 Å². The summed E-state index contributed by atoms with van der Waals surface area (Å²) in [5, 5.41) is 7.31. The number of aromatic amines is 1. The van der Waals surface area contributed by atoms with E-state index in [2.05, 4.69) is 20.2 Å². The molecule has 7 nitrogen and oxygen atoms in total. The van der Waals surface area contributed by atoms with Gasteiger partial charge in [0.05, 0.1) is 19.2 Å². The Balaban J connectivity index is 1.50. The maximum Gasteiger partial charge on any atom is 0.227 e. The molecule has 0 radical (unpaired) electrons. The number of hydrogen-bond donors (Lipinski definition) is 1. The molecule has 0 aliphatic carbocycles. The minimum atomic E-state index is 0.120. The highest BCUT2D eigenvalue weighted by atomic mass is 16.5. The van der Waals surface area contributed by atoms with Crippen LogP contribution in [0.1, 0.15) is 30.0 Å². The lowest BCUT2D eigenvalue weighted by atomic mass is 9.94. The molecule has 4 rings (SSSR count). The third-order valence-electron chi connectivity index (χ3n) is 4.93. The van der Waals surface area contributed by atoms with Gasteiger partial charge in [-0.1, -0.05) is 18.2 Å². The molecule has 1 aliphatic heterocycles. The van der Waals surface area contributed by atoms with Gasteiger partial charge in [0.25, 0.3) is 0 Å². The first kappa shape index (κ1) is 16.5. The van der Waals surface area contributed by atoms with Crippen LogP contribution in [-0.2, 0) is 11.2 Å². The number of methoxy groups -OCH3 is 1. The smallest absolute Gasteiger partial charge is 0.227 e. The van der Waals surface area contributed by atoms with Gasteiger partial charge in [-0.2, -0.15) is 5.10 Å². The minimum absolute atomic E-state index is 0.120. The number of carbonyl (C=O) groups is 1. The molecule has 1 amide bonds. The molecule has 134 valence electrons. The van der Waals surface area contributed by atoms with Crippen LogP contribution in [0.5, 0.6) is 5.75 Å². The highest BCUT2D eigenvalue weighted by molar-refractivity contribution is 5.80. The van der Waals surface area contributed by atoms with Crippen LogP contribution < -0.4 is 4.74 Å². The molecule has 0 bridgehead atoms. The van der Waals surface area contributed by atoms with Crippen LogP contribution in [-0.4, -0.2) is 51.2 Å². The fraction of sp³-hybridized carbons (Fsp3) is 0.368. The Morgan fingerprint density at radius 2 is 2.15 bits per heavy atom. The molecule has 3 heterocycles. The number of aromatic nitrogens is 4. The van der Waals surface area contributed by atoms with Gasteiger partial charge in [0.1, 0.15) is 11.3 Å². The Labute approximate surface area is 151 Å². The van der Waals surface area contributed by atoms with Crippen LogP contribution in [0.3, 0.4) is 0 Å². The van der Waals surface area contributed by atoms with E-state index in [9.17, 15) is 4.79 Å². The van der Waals surface area contributed by atoms with Crippen molar-refractivity contribution in [3.8, 4) is 5.75 Å². The van der Waals surface area contributed by atoms with Gasteiger partial charge in [-0.3, -0.25) is 9.89 Å². The molecular weight excluding hydrogens is 330 g/mol. The second kappa shape index (κ2) is 7.11. The Bertz CT molecular complexity index is 923. The monoisotopic (exact) mass is 351 g/mol. The first-order chi connectivity index (χ1) is 12.8. The molecule has 1 atom stereocenters. The summed E-state index contributed by atoms with van der Waals surface area (Å²) in [7, 11) is 1.63. The second-order valence-corrected chi connectivity index (χ2v) is 6.53. The van der Waals surface area contributed by atoms with Crippen molar-refractivity contribution >= 4 is 17.1 Å². The van der Waals surface area contributed by atoms with E-state index in [1.54, 1.807) is 19.5 Å². The molecule has 26 heavy (non-hydrogen) atoms. The van der Waals surface area contributed by atoms with E-state index in [0.717, 1.165) is 41.9 Å². The maximum absolute atomic E-state index is 12.8. The Morgan fingerprint density at radius 3 is 3.04 bits per heavy atom. The van der Waals surface area contributed by atoms with Crippen molar-refractivity contribution in [2.75, 3.05) is 20.2 Å². The molecule has 1 aromatic carbocycles. The fourth-order valence-electron chi connectivity index (χ4n) is 3.62. The number of amides is 1. The van der Waals surface area contributed by atoms with E-state index >= 15 is 0 Å². The van der Waals surface area contributed by atoms with Gasteiger partial charge in [0, 0.05) is 37.0 Å². The van der Waals surface area contributed by atoms with Crippen molar-refractivity contribution in [3.05, 3.63) is 47.9 Å². The summed E-state index contributed by atoms with van der Waals surface area (Å²) in [5.74, 6) is 1.07. The SMILES string of the molecule is COc1ccccc1CC(=O)N1CCC[C@H](c2[nH]nc3nccnc23)C1. The predicted molar refractivity (Wildman–Crippen MR) is 96.9 cm³/mol. The number of hydrogen-bond acceptors (Lipinski definition) is 5. The van der Waals surface area contributed by atoms with Crippen molar-refractivity contribution in [1.82, 2.24) is 25.1 Å². The second-order valence-electron chi connectivity index (χ2n) is 6.53. The van der Waals surface area contributed by atoms with Gasteiger partial charge < -0.3 is 9.64 Å². The standard InChI is InChI=1S/C19H21N5O2/c1-26-15-7-3-2-5-13(15)11-16(25)24-10-4-6-14(12-24)17-18-19(23-22-17)21-9-8-20-18/h2-3,5,7-9,14H,4,6,10-12H2,1H3,(H,21,22,23)/t14-/m0/s1. The molecule has 0 saturated carbocycles. The fourth-order valence-corrected chi connectivity index (χ4v) is 3.62. The Kier molecular flexibility index (Phi) is 4.51. The van der Waals surface area contributed by atoms with E-state index < -0.39 is 0 Å². The number of piperidine rings is 1. The maximum atomic E-state index is 12.8. The van der Waals surface area contributed by atoms with Gasteiger partial charge in [0.15, 0.2) is 5.65 Å². The highest BCUT2D eigenvalue weighted by Gasteiger charge is 2.28. The van der Waals surface area contributed by atoms with E-state index in [1.165, 1.54) is 0 Å². The highest BCUT2D eigenvalue weighted by Crippen LogP contribution is 2.29. The number of rotatable bonds is 4. The van der Waals surface area contributed by atoms with Crippen molar-refractivity contribution in [1.29, 1.82) is 0 Å². The largest absolute Gasteiger partial charge is 0.496 e. The van der Waals surface area contributed by atoms with Crippen LogP contribution in [0.2, 0.25) is 0 Å². The van der Waals surface area contributed by atoms with E-state index in [-0.39, 0.29) is 11.8 Å². The molecule has 1 aliphatic rings. The van der Waals surface area contributed by atoms with Crippen LogP contribution in [0.25, 0.3) is 11.2 Å². The summed E-state index contributed by atoms with van der Waals surface area (Å²) in [6.07, 6.45) is 5.63. The number of H-pyrrole nitrogens is 1. The van der Waals surface area contributed by atoms with E-state index in [1.807, 2.05) is 29.2 Å². The number of para-hydroxylation sites is 1. The van der Waals surface area contributed by atoms with E-state index in [0.29, 0.717) is 18.6 Å². The number of nitrogens with one attached hydrogen (secondary N) is 1. The first-order valence-electron chi connectivity index (χ1n) is 8.81. The average molecular weight is 351 g/mol. The summed E-state index contributed by atoms with van der Waals surface area (Å²) >= 11 is 0. The Hall–Kier alpha value is -2.96. The topological polar surface area (TPSA) is 84.0 Å². The van der Waals surface area contributed by atoms with Crippen molar-refractivity contribution in [3.63, 3.8) is 0 Å². The van der Waals surface area contributed by atoms with Gasteiger partial charge in [-0.05, 0) is 18.9 Å². The van der Waals surface area contributed by atoms with Crippen molar-refractivity contribution in [2.45, 2.75) is 25.2 Å². The summed E-state index contributed by atoms with van der Waals surface area (Å²) in [6.45, 7) is 1.45. The predicted octanol–water partition coefficient (Wildman–Crippen LogP) is 2.31. The normalized spacial score (nSPS) is 17.4. The zero-order chi connectivity index (χ0) is 17.9. The lowest BCUT2D eigenvalue weighted by Crippen LogP contribution is -2.40. The van der Waals surface area contributed by atoms with Gasteiger partial charge in [0.2, 0.25) is 5.91 Å². The van der Waals surface area contributed by atoms with E-state index in [4.69, 9.17) is 4.74 Å². The summed E-state index contributed by atoms with van der Waals surface area (Å²) in [5.41, 5.74) is 3.32. The first-order valence-corrected chi connectivity index (χ1v) is 8.81. The average Bonchev–Trinajstić information content (AvgIpc) is 3.12. The summed E-state index contributed by atoms with van der Waals surface area (Å²) < 4.78 is 5.36. The minimum Gasteiger partial charge on any atom is -0.496 e. The van der Waals surface area contributed by atoms with Crippen LogP contribution in [0.4, 0.5) is 0 Å². The van der Waals surface area contributed by atoms with Crippen LogP contribution >= 0.6 is 0 Å². The number of fused-ring (bicyclic) bond motifs is 1. The molecule has 0 unspecified atom stereocenters. The number of likely N-dealkylation sites (tertiary alicyclic amines) is 1. The molecule has 0 spiro atoms. The lowest BCUT2D eigenvalue weighted by Gasteiger charge is -2.32. The summed E-state index contributed by atoms with van der Waals surface area (Å²) in [4.78, 5) is 23.4. The lowest BCUT2D eigenvalue weighted by molar-refractivity contribution is -0.131. The zero-order valence-corrected chi connectivity index (χ0v) is 14.7. The molecule has 2 aromatic heterocycles. The molecular formula is C19H21N5O2. The van der Waals surface area contributed by atoms with Gasteiger partial charge in [-0.15, -0.1) is 0 Å². The van der Waals surface area contributed by atoms with Crippen molar-refractivity contribution in [2.24, 2.45) is 0 Å². The van der Waals surface area contributed by atoms with Crippen molar-refractivity contribution < 1.29 is 9.53 Å². The quantitative estimate of drug-likeness (QED) is 0.780. The molecule has 3 aromatic rings. The number of nitrogens with zero attached hydrogens (tertiary/aromatic N) is 4. The molecule has 7 heteroatoms. The Morgan fingerprint density at radius 1 is 1.31 bits per heavy atom. The number of ether oxygens (including phenoxy) is 1. The van der Waals surface area contributed by atoms with Gasteiger partial charge in [-0.25, -0.2) is 9.97 Å². The number of benzene rings is 1.